The van der Waals surface area contributed by atoms with E-state index in [0.29, 0.717) is 6.42 Å². The Kier molecular flexibility index (Phi) is 3.82. The molecule has 1 heterocycles. The van der Waals surface area contributed by atoms with E-state index in [1.54, 1.807) is 0 Å². The van der Waals surface area contributed by atoms with Gasteiger partial charge in [0, 0.05) is 24.0 Å². The molecule has 2 N–H and O–H groups in total. The molecule has 2 aromatic rings. The average molecular weight is 242 g/mol. The number of aromatic nitrogens is 1. The first-order valence-electron chi connectivity index (χ1n) is 6.14. The van der Waals surface area contributed by atoms with Crippen LogP contribution in [0.3, 0.4) is 0 Å². The Morgan fingerprint density at radius 3 is 2.83 bits per heavy atom. The molecule has 94 valence electrons. The van der Waals surface area contributed by atoms with Crippen molar-refractivity contribution in [3.8, 4) is 0 Å². The number of anilines is 1. The number of hydrogen-bond donors (Lipinski definition) is 2. The van der Waals surface area contributed by atoms with Crippen molar-refractivity contribution >= 4 is 11.6 Å². The molecule has 2 rings (SSSR count). The minimum absolute atomic E-state index is 0.0540. The maximum absolute atomic E-state index is 11.8. The van der Waals surface area contributed by atoms with E-state index in [4.69, 9.17) is 0 Å². The minimum Gasteiger partial charge on any atom is -0.365 e. The number of benzene rings is 1. The Labute approximate surface area is 107 Å². The van der Waals surface area contributed by atoms with Crippen LogP contribution in [0.15, 0.2) is 36.5 Å². The largest absolute Gasteiger partial charge is 0.365 e. The van der Waals surface area contributed by atoms with Crippen LogP contribution in [0.5, 0.6) is 0 Å². The van der Waals surface area contributed by atoms with Crippen LogP contribution in [0, 0.1) is 13.8 Å². The summed E-state index contributed by atoms with van der Waals surface area (Å²) in [7, 11) is 0. The number of nitrogens with one attached hydrogen (secondary N) is 2. The zero-order chi connectivity index (χ0) is 13.0. The van der Waals surface area contributed by atoms with Gasteiger partial charge in [0.1, 0.15) is 0 Å². The summed E-state index contributed by atoms with van der Waals surface area (Å²) in [5.74, 6) is 0.0540. The summed E-state index contributed by atoms with van der Waals surface area (Å²) in [6, 6.07) is 10.0. The lowest BCUT2D eigenvalue weighted by Gasteiger charge is -2.09. The number of carbonyl (C=O) groups excluding carboxylic acids is 1. The zero-order valence-corrected chi connectivity index (χ0v) is 10.8. The molecule has 0 atom stereocenters. The highest BCUT2D eigenvalue weighted by molar-refractivity contribution is 5.91. The van der Waals surface area contributed by atoms with E-state index in [1.807, 2.05) is 50.4 Å². The van der Waals surface area contributed by atoms with E-state index in [-0.39, 0.29) is 5.91 Å². The molecule has 0 aliphatic carbocycles. The Balaban J connectivity index is 1.92. The minimum atomic E-state index is 0.0540. The summed E-state index contributed by atoms with van der Waals surface area (Å²) in [5, 5.41) is 2.96. The van der Waals surface area contributed by atoms with Crippen molar-refractivity contribution < 1.29 is 4.79 Å². The second-order valence-electron chi connectivity index (χ2n) is 4.56. The number of aromatic amines is 1. The van der Waals surface area contributed by atoms with Crippen LogP contribution in [0.1, 0.15) is 23.2 Å². The van der Waals surface area contributed by atoms with Gasteiger partial charge in [0.05, 0.1) is 0 Å². The average Bonchev–Trinajstić information content (AvgIpc) is 2.84. The first-order chi connectivity index (χ1) is 8.65. The van der Waals surface area contributed by atoms with Crippen LogP contribution in [0.2, 0.25) is 0 Å². The maximum atomic E-state index is 11.8. The molecule has 0 saturated heterocycles. The van der Waals surface area contributed by atoms with Gasteiger partial charge in [0.2, 0.25) is 5.91 Å². The summed E-state index contributed by atoms with van der Waals surface area (Å²) < 4.78 is 0. The highest BCUT2D eigenvalue weighted by Crippen LogP contribution is 2.16. The fraction of sp³-hybridized carbons (Fsp3) is 0.267. The molecule has 0 aliphatic heterocycles. The van der Waals surface area contributed by atoms with Gasteiger partial charge in [-0.3, -0.25) is 4.79 Å². The van der Waals surface area contributed by atoms with Crippen molar-refractivity contribution in [2.45, 2.75) is 26.7 Å². The topological polar surface area (TPSA) is 44.9 Å². The Hall–Kier alpha value is -2.03. The third kappa shape index (κ3) is 3.23. The van der Waals surface area contributed by atoms with Crippen molar-refractivity contribution in [2.75, 3.05) is 5.32 Å². The van der Waals surface area contributed by atoms with Crippen molar-refractivity contribution in [3.63, 3.8) is 0 Å². The van der Waals surface area contributed by atoms with Crippen LogP contribution >= 0.6 is 0 Å². The fourth-order valence-electron chi connectivity index (χ4n) is 1.85. The number of amides is 1. The van der Waals surface area contributed by atoms with Gasteiger partial charge in [0.25, 0.3) is 0 Å². The van der Waals surface area contributed by atoms with Crippen molar-refractivity contribution in [3.05, 3.63) is 53.3 Å². The molecular formula is C15H18N2O. The first-order valence-corrected chi connectivity index (χ1v) is 6.14. The molecule has 18 heavy (non-hydrogen) atoms. The van der Waals surface area contributed by atoms with Crippen LogP contribution in [-0.2, 0) is 11.2 Å². The predicted molar refractivity (Wildman–Crippen MR) is 73.7 cm³/mol. The molecule has 3 heteroatoms. The molecule has 0 unspecified atom stereocenters. The fourth-order valence-corrected chi connectivity index (χ4v) is 1.85. The van der Waals surface area contributed by atoms with Gasteiger partial charge in [-0.05, 0) is 49.6 Å². The molecule has 0 radical (unpaired) electrons. The Morgan fingerprint density at radius 1 is 1.28 bits per heavy atom. The second kappa shape index (κ2) is 5.54. The van der Waals surface area contributed by atoms with Crippen molar-refractivity contribution in [2.24, 2.45) is 0 Å². The third-order valence-corrected chi connectivity index (χ3v) is 2.95. The van der Waals surface area contributed by atoms with Gasteiger partial charge in [-0.2, -0.15) is 0 Å². The Bertz CT molecular complexity index is 529. The number of H-pyrrole nitrogens is 1. The van der Waals surface area contributed by atoms with E-state index >= 15 is 0 Å². The normalized spacial score (nSPS) is 10.3. The SMILES string of the molecule is Cc1ccc(C)c(NC(=O)CCc2ccc[nH]2)c1. The monoisotopic (exact) mass is 242 g/mol. The second-order valence-corrected chi connectivity index (χ2v) is 4.56. The van der Waals surface area contributed by atoms with E-state index in [0.717, 1.165) is 28.9 Å². The van der Waals surface area contributed by atoms with Gasteiger partial charge in [-0.1, -0.05) is 12.1 Å². The summed E-state index contributed by atoms with van der Waals surface area (Å²) in [4.78, 5) is 14.9. The van der Waals surface area contributed by atoms with E-state index in [2.05, 4.69) is 10.3 Å². The Morgan fingerprint density at radius 2 is 2.11 bits per heavy atom. The van der Waals surface area contributed by atoms with Crippen molar-refractivity contribution in [1.29, 1.82) is 0 Å². The molecule has 1 aromatic carbocycles. The lowest BCUT2D eigenvalue weighted by molar-refractivity contribution is -0.116. The smallest absolute Gasteiger partial charge is 0.224 e. The number of carbonyl (C=O) groups is 1. The molecule has 0 fully saturated rings. The maximum Gasteiger partial charge on any atom is 0.224 e. The zero-order valence-electron chi connectivity index (χ0n) is 10.8. The summed E-state index contributed by atoms with van der Waals surface area (Å²) in [6.45, 7) is 4.02. The summed E-state index contributed by atoms with van der Waals surface area (Å²) in [6.07, 6.45) is 3.11. The van der Waals surface area contributed by atoms with Crippen LogP contribution in [-0.4, -0.2) is 10.9 Å². The van der Waals surface area contributed by atoms with E-state index in [9.17, 15) is 4.79 Å². The molecule has 3 nitrogen and oxygen atoms in total. The standard InChI is InChI=1S/C15H18N2O/c1-11-5-6-12(2)14(10-11)17-15(18)8-7-13-4-3-9-16-13/h3-6,9-10,16H,7-8H2,1-2H3,(H,17,18). The highest BCUT2D eigenvalue weighted by Gasteiger charge is 2.05. The van der Waals surface area contributed by atoms with E-state index in [1.165, 1.54) is 0 Å². The van der Waals surface area contributed by atoms with E-state index < -0.39 is 0 Å². The lowest BCUT2D eigenvalue weighted by Crippen LogP contribution is -2.13. The molecular weight excluding hydrogens is 224 g/mol. The predicted octanol–water partition coefficient (Wildman–Crippen LogP) is 3.20. The molecule has 0 bridgehead atoms. The molecule has 0 spiro atoms. The van der Waals surface area contributed by atoms with Gasteiger partial charge in [-0.25, -0.2) is 0 Å². The first kappa shape index (κ1) is 12.4. The number of aryl methyl sites for hydroxylation is 3. The highest BCUT2D eigenvalue weighted by atomic mass is 16.1. The third-order valence-electron chi connectivity index (χ3n) is 2.95. The van der Waals surface area contributed by atoms with Gasteiger partial charge < -0.3 is 10.3 Å². The van der Waals surface area contributed by atoms with Gasteiger partial charge in [-0.15, -0.1) is 0 Å². The molecule has 1 aromatic heterocycles. The van der Waals surface area contributed by atoms with Gasteiger partial charge in [0.15, 0.2) is 0 Å². The summed E-state index contributed by atoms with van der Waals surface area (Å²) in [5.41, 5.74) is 4.24. The van der Waals surface area contributed by atoms with Crippen LogP contribution in [0.4, 0.5) is 5.69 Å². The quantitative estimate of drug-likeness (QED) is 0.849. The van der Waals surface area contributed by atoms with Gasteiger partial charge >= 0.3 is 0 Å². The molecule has 0 aliphatic rings. The van der Waals surface area contributed by atoms with Crippen molar-refractivity contribution in [1.82, 2.24) is 4.98 Å². The van der Waals surface area contributed by atoms with Crippen LogP contribution < -0.4 is 5.32 Å². The summed E-state index contributed by atoms with van der Waals surface area (Å²) >= 11 is 0. The number of hydrogen-bond acceptors (Lipinski definition) is 1. The number of rotatable bonds is 4. The molecule has 0 saturated carbocycles. The lowest BCUT2D eigenvalue weighted by atomic mass is 10.1. The van der Waals surface area contributed by atoms with Crippen LogP contribution in [0.25, 0.3) is 0 Å². The molecule has 1 amide bonds.